The van der Waals surface area contributed by atoms with Crippen molar-refractivity contribution in [1.82, 2.24) is 10.6 Å². The number of hydrogen-bond acceptors (Lipinski definition) is 5. The van der Waals surface area contributed by atoms with E-state index in [-0.39, 0.29) is 24.4 Å². The lowest BCUT2D eigenvalue weighted by Gasteiger charge is -2.11. The Morgan fingerprint density at radius 2 is 2.23 bits per heavy atom. The van der Waals surface area contributed by atoms with Crippen LogP contribution in [-0.2, 0) is 4.79 Å². The second kappa shape index (κ2) is 9.50. The number of amides is 1. The van der Waals surface area contributed by atoms with E-state index in [1.165, 1.54) is 0 Å². The van der Waals surface area contributed by atoms with E-state index in [4.69, 9.17) is 9.47 Å². The summed E-state index contributed by atoms with van der Waals surface area (Å²) in [5.74, 6) is 1.45. The minimum absolute atomic E-state index is 0. The quantitative estimate of drug-likeness (QED) is 0.642. The van der Waals surface area contributed by atoms with Gasteiger partial charge in [-0.25, -0.2) is 0 Å². The molecule has 1 amide bonds. The van der Waals surface area contributed by atoms with Gasteiger partial charge in [-0.15, -0.1) is 12.4 Å². The fourth-order valence-electron chi connectivity index (χ4n) is 2.20. The molecule has 0 spiro atoms. The third kappa shape index (κ3) is 5.71. The first-order valence-corrected chi connectivity index (χ1v) is 7.15. The van der Waals surface area contributed by atoms with E-state index >= 15 is 0 Å². The standard InChI is InChI=1S/C15H22N2O4.ClH/c1-20-12-4-2-5-13(9-12)21-7-3-6-16-15(19)14-8-11(18)10-17-14;/h2,4-5,9,11,14,17-18H,3,6-8,10H2,1H3,(H,16,19);1H. The minimum Gasteiger partial charge on any atom is -0.497 e. The van der Waals surface area contributed by atoms with E-state index in [0.29, 0.717) is 26.1 Å². The van der Waals surface area contributed by atoms with Gasteiger partial charge >= 0.3 is 0 Å². The number of hydrogen-bond donors (Lipinski definition) is 3. The molecule has 1 aromatic carbocycles. The first-order chi connectivity index (χ1) is 10.2. The van der Waals surface area contributed by atoms with Crippen LogP contribution in [0.25, 0.3) is 0 Å². The highest BCUT2D eigenvalue weighted by atomic mass is 35.5. The Bertz CT molecular complexity index is 473. The SMILES string of the molecule is COc1cccc(OCCCNC(=O)C2CC(O)CN2)c1.Cl. The van der Waals surface area contributed by atoms with Crippen molar-refractivity contribution in [3.05, 3.63) is 24.3 Å². The number of halogens is 1. The Labute approximate surface area is 136 Å². The van der Waals surface area contributed by atoms with Gasteiger partial charge in [-0.3, -0.25) is 4.79 Å². The molecule has 0 aromatic heterocycles. The Hall–Kier alpha value is -1.50. The maximum absolute atomic E-state index is 11.8. The Morgan fingerprint density at radius 3 is 2.91 bits per heavy atom. The highest BCUT2D eigenvalue weighted by Crippen LogP contribution is 2.18. The van der Waals surface area contributed by atoms with E-state index < -0.39 is 6.10 Å². The van der Waals surface area contributed by atoms with Crippen LogP contribution in [0, 0.1) is 0 Å². The molecular weight excluding hydrogens is 308 g/mol. The van der Waals surface area contributed by atoms with Crippen molar-refractivity contribution in [1.29, 1.82) is 0 Å². The zero-order valence-electron chi connectivity index (χ0n) is 12.6. The number of aliphatic hydroxyl groups excluding tert-OH is 1. The van der Waals surface area contributed by atoms with Crippen LogP contribution < -0.4 is 20.1 Å². The van der Waals surface area contributed by atoms with Gasteiger partial charge in [0.1, 0.15) is 11.5 Å². The number of methoxy groups -OCH3 is 1. The summed E-state index contributed by atoms with van der Waals surface area (Å²) in [6.07, 6.45) is 0.779. The molecule has 2 atom stereocenters. The third-order valence-corrected chi connectivity index (χ3v) is 3.35. The first-order valence-electron chi connectivity index (χ1n) is 7.15. The van der Waals surface area contributed by atoms with Crippen molar-refractivity contribution in [2.24, 2.45) is 0 Å². The zero-order valence-corrected chi connectivity index (χ0v) is 13.4. The minimum atomic E-state index is -0.419. The van der Waals surface area contributed by atoms with Crippen LogP contribution in [-0.4, -0.2) is 50.0 Å². The topological polar surface area (TPSA) is 79.8 Å². The van der Waals surface area contributed by atoms with Gasteiger partial charge in [-0.2, -0.15) is 0 Å². The summed E-state index contributed by atoms with van der Waals surface area (Å²) in [5, 5.41) is 15.2. The van der Waals surface area contributed by atoms with Gasteiger partial charge in [0.25, 0.3) is 0 Å². The predicted octanol–water partition coefficient (Wildman–Crippen LogP) is 0.725. The number of benzene rings is 1. The van der Waals surface area contributed by atoms with Crippen molar-refractivity contribution in [2.75, 3.05) is 26.8 Å². The van der Waals surface area contributed by atoms with Crippen LogP contribution in [0.5, 0.6) is 11.5 Å². The molecule has 1 fully saturated rings. The van der Waals surface area contributed by atoms with Crippen LogP contribution in [0.2, 0.25) is 0 Å². The van der Waals surface area contributed by atoms with E-state index in [1.807, 2.05) is 24.3 Å². The summed E-state index contributed by atoms with van der Waals surface area (Å²) in [7, 11) is 1.61. The van der Waals surface area contributed by atoms with Crippen molar-refractivity contribution in [3.63, 3.8) is 0 Å². The molecule has 22 heavy (non-hydrogen) atoms. The van der Waals surface area contributed by atoms with E-state index in [0.717, 1.165) is 17.9 Å². The molecule has 7 heteroatoms. The molecule has 0 aliphatic carbocycles. The number of carbonyl (C=O) groups excluding carboxylic acids is 1. The second-order valence-electron chi connectivity index (χ2n) is 5.02. The van der Waals surface area contributed by atoms with Crippen molar-refractivity contribution in [3.8, 4) is 11.5 Å². The lowest BCUT2D eigenvalue weighted by Crippen LogP contribution is -2.40. The highest BCUT2D eigenvalue weighted by molar-refractivity contribution is 5.85. The van der Waals surface area contributed by atoms with E-state index in [9.17, 15) is 9.90 Å². The third-order valence-electron chi connectivity index (χ3n) is 3.35. The highest BCUT2D eigenvalue weighted by Gasteiger charge is 2.27. The molecule has 1 aromatic rings. The number of aliphatic hydroxyl groups is 1. The largest absolute Gasteiger partial charge is 0.497 e. The molecule has 3 N–H and O–H groups in total. The molecule has 1 saturated heterocycles. The Balaban J connectivity index is 0.00000242. The van der Waals surface area contributed by atoms with Gasteiger partial charge in [0.05, 0.1) is 25.9 Å². The van der Waals surface area contributed by atoms with Crippen LogP contribution in [0.1, 0.15) is 12.8 Å². The summed E-state index contributed by atoms with van der Waals surface area (Å²) in [4.78, 5) is 11.8. The van der Waals surface area contributed by atoms with E-state index in [1.54, 1.807) is 7.11 Å². The predicted molar refractivity (Wildman–Crippen MR) is 85.8 cm³/mol. The normalized spacial score (nSPS) is 20.1. The Kier molecular flexibility index (Phi) is 8.01. The lowest BCUT2D eigenvalue weighted by atomic mass is 10.2. The summed E-state index contributed by atoms with van der Waals surface area (Å²) in [6, 6.07) is 7.13. The average Bonchev–Trinajstić information content (AvgIpc) is 2.93. The molecule has 2 unspecified atom stereocenters. The van der Waals surface area contributed by atoms with Gasteiger partial charge in [-0.1, -0.05) is 6.07 Å². The molecule has 0 saturated carbocycles. The van der Waals surface area contributed by atoms with Gasteiger partial charge < -0.3 is 25.2 Å². The fourth-order valence-corrected chi connectivity index (χ4v) is 2.20. The Morgan fingerprint density at radius 1 is 1.45 bits per heavy atom. The number of carbonyl (C=O) groups is 1. The summed E-state index contributed by atoms with van der Waals surface area (Å²) < 4.78 is 10.7. The molecule has 1 aliphatic rings. The van der Waals surface area contributed by atoms with Gasteiger partial charge in [0.2, 0.25) is 5.91 Å². The molecule has 1 heterocycles. The number of ether oxygens (including phenoxy) is 2. The molecule has 1 aliphatic heterocycles. The molecule has 124 valence electrons. The molecule has 0 radical (unpaired) electrons. The van der Waals surface area contributed by atoms with Gasteiger partial charge in [-0.05, 0) is 25.0 Å². The maximum Gasteiger partial charge on any atom is 0.237 e. The van der Waals surface area contributed by atoms with Crippen LogP contribution in [0.3, 0.4) is 0 Å². The number of nitrogens with one attached hydrogen (secondary N) is 2. The summed E-state index contributed by atoms with van der Waals surface area (Å²) >= 11 is 0. The first kappa shape index (κ1) is 18.5. The van der Waals surface area contributed by atoms with Gasteiger partial charge in [0.15, 0.2) is 0 Å². The summed E-state index contributed by atoms with van der Waals surface area (Å²) in [5.41, 5.74) is 0. The molecule has 2 rings (SSSR count). The van der Waals surface area contributed by atoms with Crippen LogP contribution in [0.15, 0.2) is 24.3 Å². The maximum atomic E-state index is 11.8. The van der Waals surface area contributed by atoms with Crippen molar-refractivity contribution in [2.45, 2.75) is 25.0 Å². The zero-order chi connectivity index (χ0) is 15.1. The number of rotatable bonds is 7. The lowest BCUT2D eigenvalue weighted by molar-refractivity contribution is -0.122. The van der Waals surface area contributed by atoms with Crippen molar-refractivity contribution >= 4 is 18.3 Å². The summed E-state index contributed by atoms with van der Waals surface area (Å²) in [6.45, 7) is 1.56. The van der Waals surface area contributed by atoms with Gasteiger partial charge in [0, 0.05) is 19.2 Å². The fraction of sp³-hybridized carbons (Fsp3) is 0.533. The van der Waals surface area contributed by atoms with Crippen LogP contribution in [0.4, 0.5) is 0 Å². The van der Waals surface area contributed by atoms with Crippen molar-refractivity contribution < 1.29 is 19.4 Å². The molecular formula is C15H23ClN2O4. The second-order valence-corrected chi connectivity index (χ2v) is 5.02. The van der Waals surface area contributed by atoms with Crippen LogP contribution >= 0.6 is 12.4 Å². The average molecular weight is 331 g/mol. The molecule has 0 bridgehead atoms. The number of β-amino-alcohol motifs (C(OH)–C–C–N with tert-alkyl or cyclic N) is 1. The molecule has 6 nitrogen and oxygen atoms in total. The van der Waals surface area contributed by atoms with E-state index in [2.05, 4.69) is 10.6 Å². The monoisotopic (exact) mass is 330 g/mol. The smallest absolute Gasteiger partial charge is 0.237 e.